The van der Waals surface area contributed by atoms with Crippen molar-refractivity contribution < 1.29 is 0 Å². The van der Waals surface area contributed by atoms with E-state index in [1.165, 1.54) is 5.56 Å². The standard InChI is InChI=1S/C17H18N6S2/c1-10-6-12(7-20-11(10)2)15-21-13(8-24-15)14-9-25-17(22-14)23-16-18-4-3-5-19-16/h6-9H,3-5H2,1-2H3,(H2,18,19,22,23). The highest BCUT2D eigenvalue weighted by Gasteiger charge is 2.12. The number of nitrogens with one attached hydrogen (secondary N) is 2. The Morgan fingerprint density at radius 1 is 1.12 bits per heavy atom. The van der Waals surface area contributed by atoms with Gasteiger partial charge >= 0.3 is 0 Å². The van der Waals surface area contributed by atoms with Crippen molar-refractivity contribution in [2.75, 3.05) is 18.4 Å². The van der Waals surface area contributed by atoms with Crippen LogP contribution in [0.25, 0.3) is 22.0 Å². The third-order valence-corrected chi connectivity index (χ3v) is 5.63. The van der Waals surface area contributed by atoms with E-state index < -0.39 is 0 Å². The van der Waals surface area contributed by atoms with Gasteiger partial charge in [0.2, 0.25) is 0 Å². The van der Waals surface area contributed by atoms with Crippen molar-refractivity contribution in [2.45, 2.75) is 20.3 Å². The van der Waals surface area contributed by atoms with Gasteiger partial charge in [-0.3, -0.25) is 9.98 Å². The summed E-state index contributed by atoms with van der Waals surface area (Å²) in [5, 5.41) is 12.3. The molecular weight excluding hydrogens is 352 g/mol. The summed E-state index contributed by atoms with van der Waals surface area (Å²) >= 11 is 3.17. The van der Waals surface area contributed by atoms with Crippen LogP contribution in [0, 0.1) is 13.8 Å². The molecule has 0 spiro atoms. The van der Waals surface area contributed by atoms with Crippen LogP contribution < -0.4 is 10.6 Å². The number of hydrogen-bond acceptors (Lipinski definition) is 8. The lowest BCUT2D eigenvalue weighted by Crippen LogP contribution is -2.35. The summed E-state index contributed by atoms with van der Waals surface area (Å²) in [5.74, 6) is 0.798. The zero-order valence-electron chi connectivity index (χ0n) is 14.0. The lowest BCUT2D eigenvalue weighted by molar-refractivity contribution is 0.740. The van der Waals surface area contributed by atoms with E-state index in [9.17, 15) is 0 Å². The van der Waals surface area contributed by atoms with Crippen LogP contribution in [0.15, 0.2) is 28.0 Å². The second kappa shape index (κ2) is 6.89. The topological polar surface area (TPSA) is 75.1 Å². The third-order valence-electron chi connectivity index (χ3n) is 3.98. The van der Waals surface area contributed by atoms with Gasteiger partial charge in [0.1, 0.15) is 16.4 Å². The van der Waals surface area contributed by atoms with E-state index in [-0.39, 0.29) is 0 Å². The van der Waals surface area contributed by atoms with E-state index in [0.717, 1.165) is 58.3 Å². The average Bonchev–Trinajstić information content (AvgIpc) is 3.27. The quantitative estimate of drug-likeness (QED) is 0.735. The molecule has 0 unspecified atom stereocenters. The SMILES string of the molecule is Cc1cc(-c2nc(-c3csc(NC4=NCCCN4)n3)cs2)cnc1C. The number of anilines is 1. The molecular formula is C17H18N6S2. The molecule has 0 bridgehead atoms. The van der Waals surface area contributed by atoms with Gasteiger partial charge in [-0.2, -0.15) is 0 Å². The first kappa shape index (κ1) is 16.2. The molecule has 0 atom stereocenters. The second-order valence-corrected chi connectivity index (χ2v) is 7.55. The molecule has 0 radical (unpaired) electrons. The summed E-state index contributed by atoms with van der Waals surface area (Å²) in [7, 11) is 0. The lowest BCUT2D eigenvalue weighted by atomic mass is 10.2. The molecule has 0 aliphatic carbocycles. The number of aryl methyl sites for hydroxylation is 2. The first-order valence-corrected chi connectivity index (χ1v) is 9.85. The summed E-state index contributed by atoms with van der Waals surface area (Å²) in [6, 6.07) is 2.13. The average molecular weight is 371 g/mol. The zero-order valence-corrected chi connectivity index (χ0v) is 15.7. The molecule has 1 aliphatic rings. The van der Waals surface area contributed by atoms with Crippen LogP contribution in [-0.4, -0.2) is 34.0 Å². The van der Waals surface area contributed by atoms with Gasteiger partial charge in [-0.15, -0.1) is 22.7 Å². The van der Waals surface area contributed by atoms with Crippen molar-refractivity contribution in [1.29, 1.82) is 0 Å². The van der Waals surface area contributed by atoms with Crippen LogP contribution in [0.3, 0.4) is 0 Å². The maximum absolute atomic E-state index is 4.73. The van der Waals surface area contributed by atoms with Crippen molar-refractivity contribution in [3.8, 4) is 22.0 Å². The highest BCUT2D eigenvalue weighted by atomic mass is 32.1. The summed E-state index contributed by atoms with van der Waals surface area (Å²) in [4.78, 5) is 18.2. The van der Waals surface area contributed by atoms with Gasteiger partial charge in [-0.1, -0.05) is 0 Å². The van der Waals surface area contributed by atoms with Gasteiger partial charge in [-0.25, -0.2) is 9.97 Å². The highest BCUT2D eigenvalue weighted by Crippen LogP contribution is 2.31. The van der Waals surface area contributed by atoms with E-state index in [4.69, 9.17) is 4.98 Å². The number of rotatable bonds is 3. The Hall–Kier alpha value is -2.32. The van der Waals surface area contributed by atoms with Gasteiger partial charge < -0.3 is 10.6 Å². The molecule has 0 amide bonds. The summed E-state index contributed by atoms with van der Waals surface area (Å²) in [5.41, 5.74) is 5.04. The van der Waals surface area contributed by atoms with Crippen LogP contribution in [0.1, 0.15) is 17.7 Å². The molecule has 1 aliphatic heterocycles. The Morgan fingerprint density at radius 3 is 2.76 bits per heavy atom. The predicted molar refractivity (Wildman–Crippen MR) is 104 cm³/mol. The molecule has 0 saturated carbocycles. The number of guanidine groups is 1. The molecule has 0 fully saturated rings. The van der Waals surface area contributed by atoms with Crippen LogP contribution in [0.2, 0.25) is 0 Å². The second-order valence-electron chi connectivity index (χ2n) is 5.84. The van der Waals surface area contributed by atoms with Crippen molar-refractivity contribution in [1.82, 2.24) is 20.3 Å². The molecule has 128 valence electrons. The van der Waals surface area contributed by atoms with Crippen LogP contribution in [0.4, 0.5) is 5.13 Å². The molecule has 6 nitrogen and oxygen atoms in total. The first-order chi connectivity index (χ1) is 12.2. The fourth-order valence-electron chi connectivity index (χ4n) is 2.45. The molecule has 2 N–H and O–H groups in total. The smallest absolute Gasteiger partial charge is 0.197 e. The fourth-order valence-corrected chi connectivity index (χ4v) is 3.95. The van der Waals surface area contributed by atoms with Crippen LogP contribution in [0.5, 0.6) is 0 Å². The number of hydrogen-bond donors (Lipinski definition) is 2. The molecule has 0 saturated heterocycles. The summed E-state index contributed by atoms with van der Waals surface area (Å²) in [6.45, 7) is 5.89. The number of aliphatic imine (C=N–C) groups is 1. The molecule has 25 heavy (non-hydrogen) atoms. The van der Waals surface area contributed by atoms with Gasteiger partial charge in [0.05, 0.1) is 0 Å². The van der Waals surface area contributed by atoms with E-state index in [1.54, 1.807) is 22.7 Å². The van der Waals surface area contributed by atoms with E-state index >= 15 is 0 Å². The number of pyridine rings is 1. The minimum atomic E-state index is 0.798. The van der Waals surface area contributed by atoms with Gasteiger partial charge in [0.25, 0.3) is 0 Å². The monoisotopic (exact) mass is 370 g/mol. The van der Waals surface area contributed by atoms with Gasteiger partial charge in [0.15, 0.2) is 11.1 Å². The van der Waals surface area contributed by atoms with Crippen molar-refractivity contribution in [3.63, 3.8) is 0 Å². The number of thiazole rings is 2. The number of nitrogens with zero attached hydrogens (tertiary/aromatic N) is 4. The van der Waals surface area contributed by atoms with Gasteiger partial charge in [-0.05, 0) is 31.9 Å². The van der Waals surface area contributed by atoms with Gasteiger partial charge in [0, 0.05) is 41.3 Å². The summed E-state index contributed by atoms with van der Waals surface area (Å²) in [6.07, 6.45) is 2.95. The molecule has 3 aromatic heterocycles. The molecule has 4 rings (SSSR count). The minimum Gasteiger partial charge on any atom is -0.356 e. The Morgan fingerprint density at radius 2 is 1.96 bits per heavy atom. The van der Waals surface area contributed by atoms with Crippen molar-refractivity contribution in [2.24, 2.45) is 4.99 Å². The predicted octanol–water partition coefficient (Wildman–Crippen LogP) is 3.71. The largest absolute Gasteiger partial charge is 0.356 e. The molecule has 4 heterocycles. The summed E-state index contributed by atoms with van der Waals surface area (Å²) < 4.78 is 0. The molecule has 0 aromatic carbocycles. The number of aromatic nitrogens is 3. The molecule has 8 heteroatoms. The van der Waals surface area contributed by atoms with E-state index in [0.29, 0.717) is 0 Å². The first-order valence-electron chi connectivity index (χ1n) is 8.09. The molecule has 3 aromatic rings. The van der Waals surface area contributed by atoms with Crippen molar-refractivity contribution in [3.05, 3.63) is 34.3 Å². The minimum absolute atomic E-state index is 0.798. The fraction of sp³-hybridized carbons (Fsp3) is 0.294. The Balaban J connectivity index is 1.54. The zero-order chi connectivity index (χ0) is 17.2. The Bertz CT molecular complexity index is 927. The van der Waals surface area contributed by atoms with E-state index in [2.05, 4.69) is 38.6 Å². The third kappa shape index (κ3) is 3.54. The van der Waals surface area contributed by atoms with E-state index in [1.807, 2.05) is 23.9 Å². The maximum atomic E-state index is 4.73. The normalized spacial score (nSPS) is 14.1. The Labute approximate surface area is 154 Å². The van der Waals surface area contributed by atoms with Crippen LogP contribution in [-0.2, 0) is 0 Å². The maximum Gasteiger partial charge on any atom is 0.197 e. The van der Waals surface area contributed by atoms with Crippen molar-refractivity contribution >= 4 is 33.8 Å². The van der Waals surface area contributed by atoms with Crippen LogP contribution >= 0.6 is 22.7 Å². The lowest BCUT2D eigenvalue weighted by Gasteiger charge is -2.13. The highest BCUT2D eigenvalue weighted by molar-refractivity contribution is 7.14. The Kier molecular flexibility index (Phi) is 4.46.